The molecule has 2 aromatic rings. The summed E-state index contributed by atoms with van der Waals surface area (Å²) in [7, 11) is 2.15. The number of likely N-dealkylation sites (tertiary alicyclic amines) is 1. The summed E-state index contributed by atoms with van der Waals surface area (Å²) in [4.78, 5) is 15.5. The number of fused-ring (bicyclic) bond motifs is 2. The third kappa shape index (κ3) is 4.46. The summed E-state index contributed by atoms with van der Waals surface area (Å²) in [6, 6.07) is 17.2. The molecule has 5 nitrogen and oxygen atoms in total. The zero-order valence-corrected chi connectivity index (χ0v) is 16.9. The van der Waals surface area contributed by atoms with E-state index in [2.05, 4.69) is 71.5 Å². The smallest absolute Gasteiger partial charge is 0.450 e. The van der Waals surface area contributed by atoms with Crippen LogP contribution in [0.15, 0.2) is 54.6 Å². The van der Waals surface area contributed by atoms with Gasteiger partial charge in [0.2, 0.25) is 0 Å². The van der Waals surface area contributed by atoms with Gasteiger partial charge in [0.25, 0.3) is 0 Å². The number of para-hydroxylation sites is 1. The highest BCUT2D eigenvalue weighted by molar-refractivity contribution is 5.89. The molecule has 0 aromatic heterocycles. The Labute approximate surface area is 172 Å². The molecular formula is C24H28N2O3. The van der Waals surface area contributed by atoms with E-state index in [1.807, 2.05) is 0 Å². The van der Waals surface area contributed by atoms with Crippen LogP contribution in [0.5, 0.6) is 0 Å². The van der Waals surface area contributed by atoms with Crippen molar-refractivity contribution in [2.24, 2.45) is 0 Å². The summed E-state index contributed by atoms with van der Waals surface area (Å²) in [5.41, 5.74) is 6.45. The first kappa shape index (κ1) is 19.5. The first-order chi connectivity index (χ1) is 14.1. The predicted molar refractivity (Wildman–Crippen MR) is 115 cm³/mol. The van der Waals surface area contributed by atoms with E-state index < -0.39 is 6.16 Å². The highest BCUT2D eigenvalue weighted by atomic mass is 16.7. The van der Waals surface area contributed by atoms with Crippen molar-refractivity contribution in [3.63, 3.8) is 0 Å². The van der Waals surface area contributed by atoms with Gasteiger partial charge in [0.1, 0.15) is 6.10 Å². The lowest BCUT2D eigenvalue weighted by molar-refractivity contribution is 0.0140. The molecule has 2 aliphatic heterocycles. The van der Waals surface area contributed by atoms with E-state index in [0.29, 0.717) is 6.54 Å². The molecule has 0 unspecified atom stereocenters. The van der Waals surface area contributed by atoms with E-state index in [1.165, 1.54) is 28.0 Å². The number of anilines is 1. The topological polar surface area (TPSA) is 53.0 Å². The minimum atomic E-state index is -1.17. The Hall–Kier alpha value is -2.79. The third-order valence-corrected chi connectivity index (χ3v) is 5.84. The van der Waals surface area contributed by atoms with Gasteiger partial charge in [0.05, 0.1) is 0 Å². The second kappa shape index (κ2) is 8.70. The van der Waals surface area contributed by atoms with Crippen LogP contribution in [0.4, 0.5) is 10.5 Å². The molecule has 29 heavy (non-hydrogen) atoms. The Morgan fingerprint density at radius 1 is 1.17 bits per heavy atom. The highest BCUT2D eigenvalue weighted by Gasteiger charge is 2.23. The van der Waals surface area contributed by atoms with Crippen molar-refractivity contribution in [3.8, 4) is 0 Å². The normalized spacial score (nSPS) is 20.7. The predicted octanol–water partition coefficient (Wildman–Crippen LogP) is 4.62. The molecule has 5 heteroatoms. The van der Waals surface area contributed by atoms with Gasteiger partial charge >= 0.3 is 6.16 Å². The molecule has 4 rings (SSSR count). The molecule has 1 saturated heterocycles. The van der Waals surface area contributed by atoms with E-state index >= 15 is 0 Å². The van der Waals surface area contributed by atoms with Gasteiger partial charge in [-0.1, -0.05) is 48.5 Å². The summed E-state index contributed by atoms with van der Waals surface area (Å²) in [6.45, 7) is 3.48. The molecule has 1 N–H and O–H groups in total. The summed E-state index contributed by atoms with van der Waals surface area (Å²) >= 11 is 0. The fourth-order valence-corrected chi connectivity index (χ4v) is 4.51. The maximum atomic E-state index is 10.8. The maximum absolute atomic E-state index is 10.8. The zero-order valence-electron chi connectivity index (χ0n) is 16.9. The van der Waals surface area contributed by atoms with E-state index in [0.717, 1.165) is 38.9 Å². The molecule has 0 aliphatic carbocycles. The van der Waals surface area contributed by atoms with E-state index in [9.17, 15) is 4.79 Å². The highest BCUT2D eigenvalue weighted by Crippen LogP contribution is 2.37. The molecule has 1 fully saturated rings. The second-order valence-electron chi connectivity index (χ2n) is 7.89. The average Bonchev–Trinajstić information content (AvgIpc) is 2.83. The van der Waals surface area contributed by atoms with Crippen molar-refractivity contribution < 1.29 is 14.6 Å². The standard InChI is InChI=1S/C24H28N2O3/c1-25-16-18-8-2-3-10-20(18)21(22-11-4-5-13-23(22)25)12-7-15-26-14-6-9-19(17-26)29-24(27)28/h2-5,8,10-13,19H,6-7,9,14-17H2,1H3,(H,27,28)/t19-/m1/s1. The number of carboxylic acid groups (broad SMARTS) is 1. The van der Waals surface area contributed by atoms with Crippen LogP contribution in [0.1, 0.15) is 36.0 Å². The van der Waals surface area contributed by atoms with Crippen LogP contribution in [0.3, 0.4) is 0 Å². The quantitative estimate of drug-likeness (QED) is 0.770. The Morgan fingerprint density at radius 3 is 2.76 bits per heavy atom. The molecule has 0 radical (unpaired) electrons. The van der Waals surface area contributed by atoms with Crippen molar-refractivity contribution in [2.45, 2.75) is 31.9 Å². The zero-order chi connectivity index (χ0) is 20.2. The van der Waals surface area contributed by atoms with Gasteiger partial charge in [0, 0.05) is 37.9 Å². The minimum absolute atomic E-state index is 0.207. The molecule has 152 valence electrons. The third-order valence-electron chi connectivity index (χ3n) is 5.84. The average molecular weight is 392 g/mol. The molecule has 2 aromatic carbocycles. The lowest BCUT2D eigenvalue weighted by Crippen LogP contribution is -2.40. The molecule has 1 atom stereocenters. The van der Waals surface area contributed by atoms with Crippen LogP contribution in [0, 0.1) is 0 Å². The molecule has 0 bridgehead atoms. The second-order valence-corrected chi connectivity index (χ2v) is 7.89. The molecule has 2 heterocycles. The Balaban J connectivity index is 1.55. The Kier molecular flexibility index (Phi) is 5.86. The molecule has 0 amide bonds. The van der Waals surface area contributed by atoms with Crippen LogP contribution >= 0.6 is 0 Å². The van der Waals surface area contributed by atoms with Gasteiger partial charge < -0.3 is 14.7 Å². The first-order valence-corrected chi connectivity index (χ1v) is 10.3. The van der Waals surface area contributed by atoms with Crippen molar-refractivity contribution in [1.29, 1.82) is 0 Å². The number of piperidine rings is 1. The van der Waals surface area contributed by atoms with E-state index in [4.69, 9.17) is 9.84 Å². The molecule has 0 saturated carbocycles. The number of carbonyl (C=O) groups is 1. The summed E-state index contributed by atoms with van der Waals surface area (Å²) in [5, 5.41) is 8.88. The van der Waals surface area contributed by atoms with Gasteiger partial charge in [-0.25, -0.2) is 4.79 Å². The number of rotatable bonds is 4. The molecule has 2 aliphatic rings. The van der Waals surface area contributed by atoms with Crippen molar-refractivity contribution in [1.82, 2.24) is 4.90 Å². The Morgan fingerprint density at radius 2 is 1.93 bits per heavy atom. The monoisotopic (exact) mass is 392 g/mol. The van der Waals surface area contributed by atoms with Gasteiger partial charge in [-0.3, -0.25) is 4.90 Å². The molecule has 0 spiro atoms. The minimum Gasteiger partial charge on any atom is -0.450 e. The van der Waals surface area contributed by atoms with Crippen LogP contribution < -0.4 is 4.90 Å². The molecular weight excluding hydrogens is 364 g/mol. The van der Waals surface area contributed by atoms with Crippen molar-refractivity contribution in [2.75, 3.05) is 31.6 Å². The number of ether oxygens (including phenoxy) is 1. The number of benzene rings is 2. The number of nitrogens with zero attached hydrogens (tertiary/aromatic N) is 2. The van der Waals surface area contributed by atoms with Gasteiger partial charge in [-0.2, -0.15) is 0 Å². The lowest BCUT2D eigenvalue weighted by Gasteiger charge is -2.31. The van der Waals surface area contributed by atoms with Crippen LogP contribution in [-0.2, 0) is 11.3 Å². The van der Waals surface area contributed by atoms with Gasteiger partial charge in [-0.15, -0.1) is 0 Å². The van der Waals surface area contributed by atoms with Crippen molar-refractivity contribution >= 4 is 17.4 Å². The lowest BCUT2D eigenvalue weighted by atomic mass is 9.93. The Bertz CT molecular complexity index is 909. The summed E-state index contributed by atoms with van der Waals surface area (Å²) in [6.07, 6.45) is 3.68. The van der Waals surface area contributed by atoms with Crippen LogP contribution in [0.25, 0.3) is 5.57 Å². The fourth-order valence-electron chi connectivity index (χ4n) is 4.51. The number of hydrogen-bond acceptors (Lipinski definition) is 4. The first-order valence-electron chi connectivity index (χ1n) is 10.3. The van der Waals surface area contributed by atoms with Crippen LogP contribution in [0.2, 0.25) is 0 Å². The summed E-state index contributed by atoms with van der Waals surface area (Å²) < 4.78 is 4.99. The van der Waals surface area contributed by atoms with Crippen LogP contribution in [-0.4, -0.2) is 48.9 Å². The largest absolute Gasteiger partial charge is 0.506 e. The van der Waals surface area contributed by atoms with E-state index in [-0.39, 0.29) is 6.10 Å². The van der Waals surface area contributed by atoms with Gasteiger partial charge in [0.15, 0.2) is 0 Å². The van der Waals surface area contributed by atoms with Gasteiger partial charge in [-0.05, 0) is 48.6 Å². The fraction of sp³-hybridized carbons (Fsp3) is 0.375. The summed E-state index contributed by atoms with van der Waals surface area (Å²) in [5.74, 6) is 0. The number of hydrogen-bond donors (Lipinski definition) is 1. The maximum Gasteiger partial charge on any atom is 0.506 e. The van der Waals surface area contributed by atoms with Crippen molar-refractivity contribution in [3.05, 3.63) is 71.3 Å². The SMILES string of the molecule is CN1Cc2ccccc2C(=CCCN2CCC[C@@H](OC(=O)O)C2)c2ccccc21. The van der Waals surface area contributed by atoms with E-state index in [1.54, 1.807) is 0 Å².